The fourth-order valence-corrected chi connectivity index (χ4v) is 4.89. The molecule has 142 valence electrons. The largest absolute Gasteiger partial charge is 0.317 e. The molecule has 1 heterocycles. The van der Waals surface area contributed by atoms with E-state index in [4.69, 9.17) is 0 Å². The topological polar surface area (TPSA) is 68.5 Å². The van der Waals surface area contributed by atoms with Gasteiger partial charge in [-0.3, -0.25) is 4.79 Å². The highest BCUT2D eigenvalue weighted by Crippen LogP contribution is 2.22. The van der Waals surface area contributed by atoms with Gasteiger partial charge < -0.3 is 4.57 Å². The number of sulfone groups is 1. The Labute approximate surface area is 162 Å². The van der Waals surface area contributed by atoms with Crippen LogP contribution in [0.1, 0.15) is 35.3 Å². The maximum Gasteiger partial charge on any atom is 0.279 e. The van der Waals surface area contributed by atoms with Crippen LogP contribution in [0.4, 0.5) is 0 Å². The summed E-state index contributed by atoms with van der Waals surface area (Å²) in [5.41, 5.74) is 3.85. The molecule has 7 heteroatoms. The number of benzene rings is 2. The number of carbonyl (C=O) groups is 1. The number of hydrogen-bond acceptors (Lipinski definition) is 4. The molecule has 0 fully saturated rings. The van der Waals surface area contributed by atoms with Crippen LogP contribution in [-0.2, 0) is 16.4 Å². The van der Waals surface area contributed by atoms with Crippen LogP contribution in [0.15, 0.2) is 46.3 Å². The number of fused-ring (bicyclic) bond motifs is 1. The van der Waals surface area contributed by atoms with Crippen molar-refractivity contribution in [1.82, 2.24) is 4.57 Å². The molecule has 3 rings (SSSR count). The Morgan fingerprint density at radius 3 is 2.30 bits per heavy atom. The van der Waals surface area contributed by atoms with Gasteiger partial charge in [0.1, 0.15) is 0 Å². The average molecular weight is 403 g/mol. The lowest BCUT2D eigenvalue weighted by molar-refractivity contribution is 0.0997. The number of nitrogens with zero attached hydrogens (tertiary/aromatic N) is 2. The highest BCUT2D eigenvalue weighted by atomic mass is 32.2. The molecule has 0 bridgehead atoms. The molecule has 0 atom stereocenters. The van der Waals surface area contributed by atoms with Gasteiger partial charge in [0.25, 0.3) is 5.91 Å². The van der Waals surface area contributed by atoms with Crippen molar-refractivity contribution in [2.24, 2.45) is 4.99 Å². The van der Waals surface area contributed by atoms with E-state index in [9.17, 15) is 13.2 Å². The van der Waals surface area contributed by atoms with Gasteiger partial charge in [-0.1, -0.05) is 18.3 Å². The molecule has 0 aliphatic rings. The molecule has 0 radical (unpaired) electrons. The Kier molecular flexibility index (Phi) is 5.35. The standard InChI is InChI=1S/C20H22N2O3S2/c1-5-22-17-11-13(3)14(4)12-18(17)26-20(22)21-19(23)15-7-9-16(10-8-15)27(24,25)6-2/h7-12H,5-6H2,1-4H3. The Hall–Kier alpha value is -2.25. The summed E-state index contributed by atoms with van der Waals surface area (Å²) in [4.78, 5) is 17.8. The van der Waals surface area contributed by atoms with Crippen molar-refractivity contribution >= 4 is 37.3 Å². The molecule has 0 saturated carbocycles. The van der Waals surface area contributed by atoms with Crippen LogP contribution in [0.3, 0.4) is 0 Å². The minimum absolute atomic E-state index is 0.0295. The zero-order valence-corrected chi connectivity index (χ0v) is 17.4. The van der Waals surface area contributed by atoms with Crippen LogP contribution < -0.4 is 4.80 Å². The molecule has 0 aliphatic carbocycles. The van der Waals surface area contributed by atoms with E-state index in [-0.39, 0.29) is 16.6 Å². The zero-order chi connectivity index (χ0) is 19.8. The van der Waals surface area contributed by atoms with Gasteiger partial charge in [-0.05, 0) is 68.3 Å². The van der Waals surface area contributed by atoms with Gasteiger partial charge in [0.2, 0.25) is 0 Å². The lowest BCUT2D eigenvalue weighted by Crippen LogP contribution is -2.16. The average Bonchev–Trinajstić information content (AvgIpc) is 2.98. The molecule has 3 aromatic rings. The maximum atomic E-state index is 12.6. The zero-order valence-electron chi connectivity index (χ0n) is 15.8. The van der Waals surface area contributed by atoms with Crippen LogP contribution in [0.2, 0.25) is 0 Å². The first-order valence-corrected chi connectivity index (χ1v) is 11.3. The first-order valence-electron chi connectivity index (χ1n) is 8.79. The van der Waals surface area contributed by atoms with E-state index in [0.29, 0.717) is 16.9 Å². The molecule has 1 aromatic heterocycles. The molecule has 1 amide bonds. The summed E-state index contributed by atoms with van der Waals surface area (Å²) in [6.45, 7) is 8.47. The predicted molar refractivity (Wildman–Crippen MR) is 109 cm³/mol. The van der Waals surface area contributed by atoms with E-state index in [1.807, 2.05) is 11.5 Å². The molecule has 2 aromatic carbocycles. The summed E-state index contributed by atoms with van der Waals surface area (Å²) in [7, 11) is -3.28. The predicted octanol–water partition coefficient (Wildman–Crippen LogP) is 3.87. The molecule has 27 heavy (non-hydrogen) atoms. The van der Waals surface area contributed by atoms with Crippen molar-refractivity contribution in [3.05, 3.63) is 57.9 Å². The summed E-state index contributed by atoms with van der Waals surface area (Å²) in [6.07, 6.45) is 0. The number of carbonyl (C=O) groups excluding carboxylic acids is 1. The second-order valence-electron chi connectivity index (χ2n) is 6.38. The highest BCUT2D eigenvalue weighted by Gasteiger charge is 2.13. The van der Waals surface area contributed by atoms with Crippen molar-refractivity contribution in [2.45, 2.75) is 39.1 Å². The summed E-state index contributed by atoms with van der Waals surface area (Å²) >= 11 is 1.48. The Balaban J connectivity index is 2.05. The number of rotatable bonds is 4. The van der Waals surface area contributed by atoms with Crippen LogP contribution in [0.25, 0.3) is 10.2 Å². The Bertz CT molecular complexity index is 1180. The number of thiazole rings is 1. The van der Waals surface area contributed by atoms with Crippen LogP contribution >= 0.6 is 11.3 Å². The molecular weight excluding hydrogens is 380 g/mol. The smallest absolute Gasteiger partial charge is 0.279 e. The minimum Gasteiger partial charge on any atom is -0.317 e. The van der Waals surface area contributed by atoms with E-state index in [2.05, 4.69) is 31.0 Å². The SMILES string of the molecule is CCn1c(=NC(=O)c2ccc(S(=O)(=O)CC)cc2)sc2cc(C)c(C)cc21. The van der Waals surface area contributed by atoms with Gasteiger partial charge in [0, 0.05) is 12.1 Å². The number of amides is 1. The van der Waals surface area contributed by atoms with Crippen molar-refractivity contribution in [1.29, 1.82) is 0 Å². The first kappa shape index (κ1) is 19.5. The van der Waals surface area contributed by atoms with Crippen molar-refractivity contribution in [3.8, 4) is 0 Å². The molecule has 0 N–H and O–H groups in total. The fraction of sp³-hybridized carbons (Fsp3) is 0.300. The molecule has 0 saturated heterocycles. The third-order valence-corrected chi connectivity index (χ3v) is 7.44. The molecular formula is C20H22N2O3S2. The number of hydrogen-bond donors (Lipinski definition) is 0. The summed E-state index contributed by atoms with van der Waals surface area (Å²) in [5, 5.41) is 0. The summed E-state index contributed by atoms with van der Waals surface area (Å²) < 4.78 is 26.9. The second-order valence-corrected chi connectivity index (χ2v) is 9.67. The van der Waals surface area contributed by atoms with Gasteiger partial charge in [0.15, 0.2) is 14.6 Å². The monoisotopic (exact) mass is 402 g/mol. The second kappa shape index (κ2) is 7.40. The molecule has 0 spiro atoms. The van der Waals surface area contributed by atoms with Gasteiger partial charge >= 0.3 is 0 Å². The van der Waals surface area contributed by atoms with E-state index >= 15 is 0 Å². The van der Waals surface area contributed by atoms with Crippen molar-refractivity contribution < 1.29 is 13.2 Å². The molecule has 0 unspecified atom stereocenters. The lowest BCUT2D eigenvalue weighted by Gasteiger charge is -2.04. The number of aromatic nitrogens is 1. The summed E-state index contributed by atoms with van der Waals surface area (Å²) in [5.74, 6) is -0.348. The van der Waals surface area contributed by atoms with E-state index in [0.717, 1.165) is 10.2 Å². The Morgan fingerprint density at radius 1 is 1.07 bits per heavy atom. The van der Waals surface area contributed by atoms with Gasteiger partial charge in [-0.2, -0.15) is 4.99 Å². The fourth-order valence-electron chi connectivity index (χ4n) is 2.84. The molecule has 5 nitrogen and oxygen atoms in total. The van der Waals surface area contributed by atoms with Gasteiger partial charge in [-0.15, -0.1) is 0 Å². The first-order chi connectivity index (χ1) is 12.8. The Morgan fingerprint density at radius 2 is 1.70 bits per heavy atom. The minimum atomic E-state index is -3.28. The third-order valence-electron chi connectivity index (χ3n) is 4.65. The quantitative estimate of drug-likeness (QED) is 0.665. The van der Waals surface area contributed by atoms with Crippen LogP contribution in [0.5, 0.6) is 0 Å². The van der Waals surface area contributed by atoms with Crippen LogP contribution in [-0.4, -0.2) is 24.6 Å². The van der Waals surface area contributed by atoms with E-state index in [1.54, 1.807) is 6.92 Å². The van der Waals surface area contributed by atoms with E-state index in [1.165, 1.54) is 46.7 Å². The lowest BCUT2D eigenvalue weighted by atomic mass is 10.1. The third kappa shape index (κ3) is 3.75. The molecule has 0 aliphatic heterocycles. The van der Waals surface area contributed by atoms with Crippen molar-refractivity contribution in [2.75, 3.05) is 5.75 Å². The normalized spacial score (nSPS) is 12.7. The van der Waals surface area contributed by atoms with Crippen LogP contribution in [0, 0.1) is 13.8 Å². The van der Waals surface area contributed by atoms with E-state index < -0.39 is 9.84 Å². The van der Waals surface area contributed by atoms with Gasteiger partial charge in [-0.25, -0.2) is 8.42 Å². The number of aryl methyl sites for hydroxylation is 3. The van der Waals surface area contributed by atoms with Gasteiger partial charge in [0.05, 0.1) is 20.9 Å². The summed E-state index contributed by atoms with van der Waals surface area (Å²) in [6, 6.07) is 10.2. The van der Waals surface area contributed by atoms with Crippen molar-refractivity contribution in [3.63, 3.8) is 0 Å². The maximum absolute atomic E-state index is 12.6. The highest BCUT2D eigenvalue weighted by molar-refractivity contribution is 7.91.